The average molecular weight is 510 g/mol. The minimum atomic E-state index is -3.67. The molecule has 7 nitrogen and oxygen atoms in total. The predicted molar refractivity (Wildman–Crippen MR) is 140 cm³/mol. The Hall–Kier alpha value is -2.71. The van der Waals surface area contributed by atoms with E-state index in [9.17, 15) is 18.0 Å². The van der Waals surface area contributed by atoms with Crippen molar-refractivity contribution >= 4 is 33.2 Å². The standard InChI is InChI=1S/C28H35N3O4S/c1-18(2)20-6-8-24(9-7-20)29-27(32)21-12-14-30(15-13-21)36(34,35)25-10-11-26-23(17-25)16-19(3)31(26)28(33)22-4-5-22/h6-11,17-19,21-22H,4-5,12-16H2,1-3H3,(H,29,32)/t19-/m0/s1. The fraction of sp³-hybridized carbons (Fsp3) is 0.500. The Morgan fingerprint density at radius 1 is 0.944 bits per heavy atom. The molecule has 1 aliphatic carbocycles. The average Bonchev–Trinajstić information content (AvgIpc) is 3.66. The molecular formula is C28H35N3O4S. The first-order chi connectivity index (χ1) is 17.1. The monoisotopic (exact) mass is 509 g/mol. The van der Waals surface area contributed by atoms with Gasteiger partial charge in [-0.2, -0.15) is 4.31 Å². The lowest BCUT2D eigenvalue weighted by Crippen LogP contribution is -2.41. The topological polar surface area (TPSA) is 86.8 Å². The summed E-state index contributed by atoms with van der Waals surface area (Å²) in [5.74, 6) is 0.437. The van der Waals surface area contributed by atoms with Gasteiger partial charge in [0.1, 0.15) is 0 Å². The molecular weight excluding hydrogens is 474 g/mol. The van der Waals surface area contributed by atoms with E-state index in [1.54, 1.807) is 18.2 Å². The first kappa shape index (κ1) is 25.0. The van der Waals surface area contributed by atoms with Gasteiger partial charge in [0.25, 0.3) is 0 Å². The molecule has 8 heteroatoms. The molecule has 192 valence electrons. The summed E-state index contributed by atoms with van der Waals surface area (Å²) in [6.07, 6.45) is 3.53. The van der Waals surface area contributed by atoms with Gasteiger partial charge in [-0.3, -0.25) is 9.59 Å². The van der Waals surface area contributed by atoms with E-state index in [2.05, 4.69) is 19.2 Å². The lowest BCUT2D eigenvalue weighted by molar-refractivity contribution is -0.121. The van der Waals surface area contributed by atoms with Gasteiger partial charge in [0, 0.05) is 42.3 Å². The Morgan fingerprint density at radius 3 is 2.22 bits per heavy atom. The van der Waals surface area contributed by atoms with Crippen molar-refractivity contribution in [3.8, 4) is 0 Å². The van der Waals surface area contributed by atoms with Gasteiger partial charge >= 0.3 is 0 Å². The van der Waals surface area contributed by atoms with Crippen LogP contribution in [0.2, 0.25) is 0 Å². The summed E-state index contributed by atoms with van der Waals surface area (Å²) in [7, 11) is -3.67. The van der Waals surface area contributed by atoms with Gasteiger partial charge in [-0.1, -0.05) is 26.0 Å². The van der Waals surface area contributed by atoms with Crippen LogP contribution >= 0.6 is 0 Å². The molecule has 36 heavy (non-hydrogen) atoms. The van der Waals surface area contributed by atoms with Gasteiger partial charge in [-0.25, -0.2) is 8.42 Å². The second-order valence-corrected chi connectivity index (χ2v) is 12.7. The maximum Gasteiger partial charge on any atom is 0.243 e. The van der Waals surface area contributed by atoms with Crippen LogP contribution in [0, 0.1) is 11.8 Å². The summed E-state index contributed by atoms with van der Waals surface area (Å²) >= 11 is 0. The van der Waals surface area contributed by atoms with Crippen molar-refractivity contribution in [1.29, 1.82) is 0 Å². The van der Waals surface area contributed by atoms with E-state index in [1.165, 1.54) is 9.87 Å². The van der Waals surface area contributed by atoms with Gasteiger partial charge in [-0.15, -0.1) is 0 Å². The van der Waals surface area contributed by atoms with E-state index in [-0.39, 0.29) is 34.6 Å². The zero-order chi connectivity index (χ0) is 25.6. The van der Waals surface area contributed by atoms with Crippen LogP contribution in [-0.2, 0) is 26.0 Å². The van der Waals surface area contributed by atoms with Gasteiger partial charge in [0.2, 0.25) is 21.8 Å². The minimum Gasteiger partial charge on any atom is -0.326 e. The molecule has 2 aromatic rings. The smallest absolute Gasteiger partial charge is 0.243 e. The highest BCUT2D eigenvalue weighted by molar-refractivity contribution is 7.89. The Morgan fingerprint density at radius 2 is 1.61 bits per heavy atom. The molecule has 0 unspecified atom stereocenters. The van der Waals surface area contributed by atoms with Crippen LogP contribution < -0.4 is 10.2 Å². The fourth-order valence-electron chi connectivity index (χ4n) is 5.33. The number of anilines is 2. The van der Waals surface area contributed by atoms with E-state index in [4.69, 9.17) is 0 Å². The molecule has 2 fully saturated rings. The summed E-state index contributed by atoms with van der Waals surface area (Å²) < 4.78 is 28.3. The molecule has 1 saturated carbocycles. The number of benzene rings is 2. The molecule has 2 aliphatic heterocycles. The zero-order valence-electron chi connectivity index (χ0n) is 21.2. The maximum atomic E-state index is 13.4. The highest BCUT2D eigenvalue weighted by Crippen LogP contribution is 2.40. The van der Waals surface area contributed by atoms with Crippen molar-refractivity contribution in [2.75, 3.05) is 23.3 Å². The SMILES string of the molecule is CC(C)c1ccc(NC(=O)C2CCN(S(=O)(=O)c3ccc4c(c3)C[C@H](C)N4C(=O)C3CC3)CC2)cc1. The number of piperidine rings is 1. The molecule has 0 spiro atoms. The number of nitrogens with one attached hydrogen (secondary N) is 1. The molecule has 2 heterocycles. The molecule has 5 rings (SSSR count). The minimum absolute atomic E-state index is 0.0434. The van der Waals surface area contributed by atoms with Crippen molar-refractivity contribution in [2.45, 2.75) is 69.7 Å². The quantitative estimate of drug-likeness (QED) is 0.620. The van der Waals surface area contributed by atoms with Crippen LogP contribution in [-0.4, -0.2) is 43.7 Å². The Labute approximate surface area is 213 Å². The number of nitrogens with zero attached hydrogens (tertiary/aromatic N) is 2. The highest BCUT2D eigenvalue weighted by Gasteiger charge is 2.40. The van der Waals surface area contributed by atoms with E-state index < -0.39 is 10.0 Å². The summed E-state index contributed by atoms with van der Waals surface area (Å²) in [5, 5.41) is 2.98. The highest BCUT2D eigenvalue weighted by atomic mass is 32.2. The van der Waals surface area contributed by atoms with E-state index in [1.807, 2.05) is 36.1 Å². The fourth-order valence-corrected chi connectivity index (χ4v) is 6.85. The third-order valence-corrected chi connectivity index (χ3v) is 9.63. The van der Waals surface area contributed by atoms with Crippen LogP contribution in [0.1, 0.15) is 63.5 Å². The number of hydrogen-bond acceptors (Lipinski definition) is 4. The van der Waals surface area contributed by atoms with Gasteiger partial charge in [0.15, 0.2) is 0 Å². The number of hydrogen-bond donors (Lipinski definition) is 1. The first-order valence-electron chi connectivity index (χ1n) is 13.0. The number of carbonyl (C=O) groups is 2. The lowest BCUT2D eigenvalue weighted by Gasteiger charge is -2.30. The van der Waals surface area contributed by atoms with Crippen molar-refractivity contribution in [2.24, 2.45) is 11.8 Å². The van der Waals surface area contributed by atoms with E-state index in [0.29, 0.717) is 38.3 Å². The van der Waals surface area contributed by atoms with Crippen molar-refractivity contribution in [3.05, 3.63) is 53.6 Å². The molecule has 1 N–H and O–H groups in total. The zero-order valence-corrected chi connectivity index (χ0v) is 22.1. The van der Waals surface area contributed by atoms with E-state index >= 15 is 0 Å². The van der Waals surface area contributed by atoms with Gasteiger partial charge in [0.05, 0.1) is 4.90 Å². The third-order valence-electron chi connectivity index (χ3n) is 7.74. The molecule has 0 bridgehead atoms. The van der Waals surface area contributed by atoms with Crippen LogP contribution in [0.25, 0.3) is 0 Å². The number of amides is 2. The second-order valence-electron chi connectivity index (χ2n) is 10.8. The lowest BCUT2D eigenvalue weighted by atomic mass is 9.97. The molecule has 2 amide bonds. The van der Waals surface area contributed by atoms with Crippen LogP contribution in [0.5, 0.6) is 0 Å². The van der Waals surface area contributed by atoms with Crippen LogP contribution in [0.3, 0.4) is 0 Å². The van der Waals surface area contributed by atoms with Gasteiger partial charge < -0.3 is 10.2 Å². The largest absolute Gasteiger partial charge is 0.326 e. The van der Waals surface area contributed by atoms with Gasteiger partial charge in [-0.05, 0) is 86.4 Å². The van der Waals surface area contributed by atoms with Crippen LogP contribution in [0.15, 0.2) is 47.4 Å². The maximum absolute atomic E-state index is 13.4. The Balaban J connectivity index is 1.22. The molecule has 0 aromatic heterocycles. The first-order valence-corrected chi connectivity index (χ1v) is 14.5. The molecule has 1 saturated heterocycles. The summed E-state index contributed by atoms with van der Waals surface area (Å²) in [5.41, 5.74) is 3.74. The summed E-state index contributed by atoms with van der Waals surface area (Å²) in [6.45, 7) is 6.90. The Kier molecular flexibility index (Phi) is 6.68. The molecule has 1 atom stereocenters. The number of sulfonamides is 1. The van der Waals surface area contributed by atoms with Crippen molar-refractivity contribution < 1.29 is 18.0 Å². The van der Waals surface area contributed by atoms with Crippen molar-refractivity contribution in [1.82, 2.24) is 4.31 Å². The van der Waals surface area contributed by atoms with Crippen LogP contribution in [0.4, 0.5) is 11.4 Å². The second kappa shape index (κ2) is 9.63. The number of rotatable bonds is 6. The third kappa shape index (κ3) is 4.81. The summed E-state index contributed by atoms with van der Waals surface area (Å²) in [4.78, 5) is 27.6. The Bertz CT molecular complexity index is 1260. The molecule has 2 aromatic carbocycles. The summed E-state index contributed by atoms with van der Waals surface area (Å²) in [6, 6.07) is 13.1. The van der Waals surface area contributed by atoms with E-state index in [0.717, 1.165) is 29.8 Å². The molecule has 3 aliphatic rings. The predicted octanol–water partition coefficient (Wildman–Crippen LogP) is 4.54. The van der Waals surface area contributed by atoms with Crippen molar-refractivity contribution in [3.63, 3.8) is 0 Å². The number of carbonyl (C=O) groups excluding carboxylic acids is 2. The number of fused-ring (bicyclic) bond motifs is 1. The normalized spacial score (nSPS) is 21.0. The molecule has 0 radical (unpaired) electrons.